The smallest absolute Gasteiger partial charge is 0.288 e. The maximum atomic E-state index is 11.9. The second-order valence-corrected chi connectivity index (χ2v) is 4.95. The Balaban J connectivity index is 1.99. The lowest BCUT2D eigenvalue weighted by atomic mass is 10.2. The lowest BCUT2D eigenvalue weighted by Crippen LogP contribution is -2.20. The SMILES string of the molecule is O=C(NO)c1ccc(C=NNC(=O)c2ccccc2Br)cn1. The molecule has 1 aromatic carbocycles. The summed E-state index contributed by atoms with van der Waals surface area (Å²) in [6, 6.07) is 9.97. The van der Waals surface area contributed by atoms with Crippen LogP contribution in [-0.4, -0.2) is 28.2 Å². The molecule has 1 aromatic heterocycles. The Morgan fingerprint density at radius 2 is 1.95 bits per heavy atom. The normalized spacial score (nSPS) is 10.5. The summed E-state index contributed by atoms with van der Waals surface area (Å²) < 4.78 is 0.670. The van der Waals surface area contributed by atoms with Gasteiger partial charge in [-0.3, -0.25) is 19.8 Å². The molecule has 0 unspecified atom stereocenters. The molecule has 22 heavy (non-hydrogen) atoms. The van der Waals surface area contributed by atoms with Crippen molar-refractivity contribution in [2.45, 2.75) is 0 Å². The van der Waals surface area contributed by atoms with Gasteiger partial charge in [-0.05, 0) is 40.2 Å². The third-order valence-corrected chi connectivity index (χ3v) is 3.31. The molecule has 2 rings (SSSR count). The van der Waals surface area contributed by atoms with Crippen LogP contribution in [0.5, 0.6) is 0 Å². The van der Waals surface area contributed by atoms with E-state index in [9.17, 15) is 9.59 Å². The quantitative estimate of drug-likeness (QED) is 0.437. The van der Waals surface area contributed by atoms with Crippen molar-refractivity contribution in [1.82, 2.24) is 15.9 Å². The highest BCUT2D eigenvalue weighted by Crippen LogP contribution is 2.15. The summed E-state index contributed by atoms with van der Waals surface area (Å²) >= 11 is 3.28. The van der Waals surface area contributed by atoms with Crippen LogP contribution in [0, 0.1) is 0 Å². The summed E-state index contributed by atoms with van der Waals surface area (Å²) in [4.78, 5) is 26.8. The number of hydrogen-bond acceptors (Lipinski definition) is 5. The number of nitrogens with one attached hydrogen (secondary N) is 2. The first-order valence-electron chi connectivity index (χ1n) is 6.10. The Kier molecular flexibility index (Phi) is 5.34. The average Bonchev–Trinajstić information content (AvgIpc) is 2.55. The minimum Gasteiger partial charge on any atom is -0.288 e. The predicted octanol–water partition coefficient (Wildman–Crippen LogP) is 1.73. The van der Waals surface area contributed by atoms with Crippen molar-refractivity contribution in [3.63, 3.8) is 0 Å². The van der Waals surface area contributed by atoms with Gasteiger partial charge in [-0.15, -0.1) is 0 Å². The zero-order valence-electron chi connectivity index (χ0n) is 11.2. The molecule has 0 atom stereocenters. The number of nitrogens with zero attached hydrogens (tertiary/aromatic N) is 2. The number of hydrazone groups is 1. The van der Waals surface area contributed by atoms with Crippen molar-refractivity contribution in [3.05, 3.63) is 63.9 Å². The maximum absolute atomic E-state index is 11.9. The lowest BCUT2D eigenvalue weighted by Gasteiger charge is -2.02. The van der Waals surface area contributed by atoms with Crippen LogP contribution in [0.25, 0.3) is 0 Å². The third kappa shape index (κ3) is 3.96. The minimum atomic E-state index is -0.703. The van der Waals surface area contributed by atoms with E-state index in [1.54, 1.807) is 30.3 Å². The molecule has 3 N–H and O–H groups in total. The van der Waals surface area contributed by atoms with Crippen LogP contribution in [0.2, 0.25) is 0 Å². The van der Waals surface area contributed by atoms with Crippen LogP contribution in [0.4, 0.5) is 0 Å². The van der Waals surface area contributed by atoms with Gasteiger partial charge >= 0.3 is 0 Å². The summed E-state index contributed by atoms with van der Waals surface area (Å²) in [6.07, 6.45) is 2.78. The minimum absolute atomic E-state index is 0.0666. The van der Waals surface area contributed by atoms with Gasteiger partial charge in [-0.1, -0.05) is 12.1 Å². The summed E-state index contributed by atoms with van der Waals surface area (Å²) in [6.45, 7) is 0. The molecule has 8 heteroatoms. The molecular weight excluding hydrogens is 352 g/mol. The number of halogens is 1. The van der Waals surface area contributed by atoms with Gasteiger partial charge in [0.2, 0.25) is 0 Å². The van der Waals surface area contributed by atoms with Crippen molar-refractivity contribution in [3.8, 4) is 0 Å². The highest BCUT2D eigenvalue weighted by atomic mass is 79.9. The molecular formula is C14H11BrN4O3. The van der Waals surface area contributed by atoms with E-state index in [0.717, 1.165) is 0 Å². The molecule has 7 nitrogen and oxygen atoms in total. The predicted molar refractivity (Wildman–Crippen MR) is 82.7 cm³/mol. The molecule has 2 aromatic rings. The number of hydrogen-bond donors (Lipinski definition) is 3. The van der Waals surface area contributed by atoms with Crippen molar-refractivity contribution in [2.24, 2.45) is 5.10 Å². The van der Waals surface area contributed by atoms with E-state index < -0.39 is 5.91 Å². The van der Waals surface area contributed by atoms with E-state index in [1.165, 1.54) is 24.0 Å². The first kappa shape index (κ1) is 15.8. The van der Waals surface area contributed by atoms with Crippen LogP contribution >= 0.6 is 15.9 Å². The molecule has 0 fully saturated rings. The topological polar surface area (TPSA) is 104 Å². The molecule has 0 spiro atoms. The molecule has 0 bridgehead atoms. The molecule has 0 radical (unpaired) electrons. The Morgan fingerprint density at radius 1 is 1.18 bits per heavy atom. The molecule has 0 saturated carbocycles. The van der Waals surface area contributed by atoms with Gasteiger partial charge in [-0.25, -0.2) is 10.9 Å². The van der Waals surface area contributed by atoms with E-state index in [0.29, 0.717) is 15.6 Å². The van der Waals surface area contributed by atoms with Crippen molar-refractivity contribution in [1.29, 1.82) is 0 Å². The Labute approximate surface area is 134 Å². The van der Waals surface area contributed by atoms with Gasteiger partial charge in [0.15, 0.2) is 0 Å². The standard InChI is InChI=1S/C14H11BrN4O3/c15-11-4-2-1-3-10(11)13(20)18-17-8-9-5-6-12(16-7-9)14(21)19-22/h1-8,22H,(H,18,20)(H,19,21). The molecule has 1 heterocycles. The van der Waals surface area contributed by atoms with E-state index in [2.05, 4.69) is 31.4 Å². The van der Waals surface area contributed by atoms with Crippen LogP contribution in [0.1, 0.15) is 26.4 Å². The van der Waals surface area contributed by atoms with Gasteiger partial charge < -0.3 is 0 Å². The van der Waals surface area contributed by atoms with Crippen LogP contribution in [0.15, 0.2) is 52.2 Å². The van der Waals surface area contributed by atoms with Gasteiger partial charge in [0.05, 0.1) is 11.8 Å². The average molecular weight is 363 g/mol. The van der Waals surface area contributed by atoms with Gasteiger partial charge in [0, 0.05) is 16.2 Å². The maximum Gasteiger partial charge on any atom is 0.293 e. The van der Waals surface area contributed by atoms with Crippen molar-refractivity contribution >= 4 is 34.0 Å². The van der Waals surface area contributed by atoms with Gasteiger partial charge in [0.25, 0.3) is 11.8 Å². The highest BCUT2D eigenvalue weighted by Gasteiger charge is 2.07. The third-order valence-electron chi connectivity index (χ3n) is 2.62. The molecule has 0 aliphatic rings. The number of carbonyl (C=O) groups excluding carboxylic acids is 2. The molecule has 2 amide bonds. The van der Waals surface area contributed by atoms with E-state index in [-0.39, 0.29) is 11.6 Å². The number of rotatable bonds is 4. The Bertz CT molecular complexity index is 716. The molecule has 112 valence electrons. The Morgan fingerprint density at radius 3 is 2.59 bits per heavy atom. The summed E-state index contributed by atoms with van der Waals surface area (Å²) in [5.74, 6) is -1.06. The first-order valence-corrected chi connectivity index (χ1v) is 6.89. The van der Waals surface area contributed by atoms with E-state index in [4.69, 9.17) is 5.21 Å². The second-order valence-electron chi connectivity index (χ2n) is 4.10. The zero-order chi connectivity index (χ0) is 15.9. The van der Waals surface area contributed by atoms with Crippen LogP contribution < -0.4 is 10.9 Å². The van der Waals surface area contributed by atoms with Crippen LogP contribution in [-0.2, 0) is 0 Å². The zero-order valence-corrected chi connectivity index (χ0v) is 12.7. The fraction of sp³-hybridized carbons (Fsp3) is 0. The molecule has 0 saturated heterocycles. The molecule has 0 aliphatic heterocycles. The van der Waals surface area contributed by atoms with Gasteiger partial charge in [0.1, 0.15) is 5.69 Å². The van der Waals surface area contributed by atoms with Crippen LogP contribution in [0.3, 0.4) is 0 Å². The number of amides is 2. The van der Waals surface area contributed by atoms with E-state index >= 15 is 0 Å². The Hall–Kier alpha value is -2.58. The van der Waals surface area contributed by atoms with E-state index in [1.807, 2.05) is 0 Å². The lowest BCUT2D eigenvalue weighted by molar-refractivity contribution is 0.0700. The fourth-order valence-electron chi connectivity index (χ4n) is 1.54. The molecule has 0 aliphatic carbocycles. The summed E-state index contributed by atoms with van der Waals surface area (Å²) in [5, 5.41) is 12.3. The second kappa shape index (κ2) is 7.43. The summed E-state index contributed by atoms with van der Waals surface area (Å²) in [5.41, 5.74) is 4.99. The number of pyridine rings is 1. The number of aromatic nitrogens is 1. The number of carbonyl (C=O) groups is 2. The monoisotopic (exact) mass is 362 g/mol. The number of hydroxylamine groups is 1. The first-order chi connectivity index (χ1) is 10.6. The van der Waals surface area contributed by atoms with Gasteiger partial charge in [-0.2, -0.15) is 5.10 Å². The highest BCUT2D eigenvalue weighted by molar-refractivity contribution is 9.10. The number of benzene rings is 1. The fourth-order valence-corrected chi connectivity index (χ4v) is 2.01. The summed E-state index contributed by atoms with van der Waals surface area (Å²) in [7, 11) is 0. The van der Waals surface area contributed by atoms with Crippen molar-refractivity contribution < 1.29 is 14.8 Å². The largest absolute Gasteiger partial charge is 0.293 e. The van der Waals surface area contributed by atoms with Crippen molar-refractivity contribution in [2.75, 3.05) is 0 Å².